The first-order valence-electron chi connectivity index (χ1n) is 22.1. The minimum absolute atomic E-state index is 0. The number of aliphatic carboxylic acids is 2. The summed E-state index contributed by atoms with van der Waals surface area (Å²) in [6, 6.07) is 21.2. The second-order valence-corrected chi connectivity index (χ2v) is 24.0. The fourth-order valence-corrected chi connectivity index (χ4v) is 16.2. The second-order valence-electron chi connectivity index (χ2n) is 17.4. The molecule has 452 valence electrons. The largest absolute Gasteiger partial charge is 2.00 e. The van der Waals surface area contributed by atoms with Gasteiger partial charge in [-0.25, -0.2) is 0 Å². The molecule has 0 saturated carbocycles. The van der Waals surface area contributed by atoms with Gasteiger partial charge in [-0.05, 0) is 152 Å². The molecule has 0 heterocycles. The van der Waals surface area contributed by atoms with Crippen molar-refractivity contribution >= 4 is 67.5 Å². The zero-order valence-electron chi connectivity index (χ0n) is 40.9. The Morgan fingerprint density at radius 3 is 0.554 bits per heavy atom. The van der Waals surface area contributed by atoms with Crippen LogP contribution in [0.3, 0.4) is 0 Å². The van der Waals surface area contributed by atoms with Crippen LogP contribution in [0.4, 0.5) is 105 Å². The van der Waals surface area contributed by atoms with E-state index < -0.39 is 142 Å². The number of halogens is 24. The summed E-state index contributed by atoms with van der Waals surface area (Å²) in [6.07, 6.45) is -42.0. The molecule has 0 aromatic heterocycles. The van der Waals surface area contributed by atoms with E-state index in [0.717, 1.165) is 36.4 Å². The van der Waals surface area contributed by atoms with Crippen molar-refractivity contribution in [1.82, 2.24) is 0 Å². The number of carboxylic acids is 2. The third-order valence-electron chi connectivity index (χ3n) is 11.0. The van der Waals surface area contributed by atoms with Gasteiger partial charge in [0.15, 0.2) is 0 Å². The van der Waals surface area contributed by atoms with Gasteiger partial charge in [0.2, 0.25) is 0 Å². The molecule has 0 atom stereocenters. The van der Waals surface area contributed by atoms with Gasteiger partial charge in [0.05, 0.1) is 33.4 Å². The molecule has 0 radical (unpaired) electrons. The second kappa shape index (κ2) is 27.2. The average Bonchev–Trinajstić information content (AvgIpc) is 3.45. The van der Waals surface area contributed by atoms with Crippen LogP contribution in [-0.2, 0) is 66.1 Å². The third-order valence-corrected chi connectivity index (χ3v) is 19.6. The van der Waals surface area contributed by atoms with Crippen molar-refractivity contribution < 1.29 is 145 Å². The first kappa shape index (κ1) is 71.8. The van der Waals surface area contributed by atoms with Gasteiger partial charge in [0.1, 0.15) is 11.9 Å². The van der Waals surface area contributed by atoms with Crippen LogP contribution in [0.2, 0.25) is 0 Å². The summed E-state index contributed by atoms with van der Waals surface area (Å²) in [7, 11) is -7.50. The van der Waals surface area contributed by atoms with E-state index in [1.807, 2.05) is 0 Å². The first-order chi connectivity index (χ1) is 37.2. The number of carboxylic acid groups (broad SMARTS) is 2. The van der Waals surface area contributed by atoms with Gasteiger partial charge >= 0.3 is 68.9 Å². The van der Waals surface area contributed by atoms with Crippen molar-refractivity contribution in [3.8, 4) is 0 Å². The van der Waals surface area contributed by atoms with Gasteiger partial charge in [0.25, 0.3) is 0 Å². The molecule has 6 rings (SSSR count). The number of carbonyl (C=O) groups excluding carboxylic acids is 2. The van der Waals surface area contributed by atoms with E-state index in [1.165, 1.54) is 43.3 Å². The molecule has 0 amide bonds. The minimum Gasteiger partial charge on any atom is -0.542 e. The molecule has 0 spiro atoms. The van der Waals surface area contributed by atoms with Gasteiger partial charge in [-0.15, -0.1) is 0 Å². The predicted octanol–water partition coefficient (Wildman–Crippen LogP) is 13.1. The molecule has 0 aliphatic rings. The summed E-state index contributed by atoms with van der Waals surface area (Å²) >= 11 is 0. The van der Waals surface area contributed by atoms with Crippen LogP contribution < -0.4 is 42.0 Å². The zero-order valence-corrected chi connectivity index (χ0v) is 45.3. The maximum atomic E-state index is 14.3. The van der Waals surface area contributed by atoms with Crippen LogP contribution in [0.25, 0.3) is 0 Å². The van der Waals surface area contributed by atoms with Gasteiger partial charge in [0, 0.05) is 0 Å². The number of hydrogen-bond acceptors (Lipinski definition) is 4. The molecule has 0 bridgehead atoms. The molecule has 0 N–H and O–H groups in total. The minimum atomic E-state index is -5.19. The van der Waals surface area contributed by atoms with Crippen LogP contribution in [-0.4, -0.2) is 42.8 Å². The molecule has 0 aliphatic carbocycles. The van der Waals surface area contributed by atoms with Crippen molar-refractivity contribution in [2.45, 2.75) is 56.3 Å². The smallest absolute Gasteiger partial charge is 0.542 e. The van der Waals surface area contributed by atoms with Crippen molar-refractivity contribution in [2.24, 2.45) is 5.41 Å². The van der Waals surface area contributed by atoms with E-state index in [2.05, 4.69) is 0 Å². The molecule has 4 nitrogen and oxygen atoms in total. The molecular weight excluding hydrogens is 1330 g/mol. The standard InChI is InChI=1S/C47H33F18P3.2C2HF3O2.Ru/c1-41(26-66(35-14-2-8-29(20-35)42(48,49)50)36-15-3-9-30(21-36)43(51,52)53,27-67(37-16-4-10-31(22-37)44(54,55)56)38-17-5-11-32(23-38)45(57,58)59)28-68(39-18-6-12-33(24-39)46(60,61)62)40-19-7-13-34(25-40)47(63,64)65;2*3-2(4,5)1(6)7;/h2-25H,26-28H2,1H3;2*(H,6,7);/q;;;+2/p-2. The molecule has 32 heteroatoms. The fourth-order valence-electron chi connectivity index (χ4n) is 7.39. The Labute approximate surface area is 469 Å². The van der Waals surface area contributed by atoms with Crippen molar-refractivity contribution in [3.05, 3.63) is 179 Å². The molecule has 0 fully saturated rings. The van der Waals surface area contributed by atoms with Crippen LogP contribution in [0.15, 0.2) is 146 Å². The van der Waals surface area contributed by atoms with E-state index in [4.69, 9.17) is 19.8 Å². The Hall–Kier alpha value is -5.51. The van der Waals surface area contributed by atoms with Crippen LogP contribution in [0.1, 0.15) is 40.3 Å². The number of hydrogen-bond donors (Lipinski definition) is 0. The molecule has 0 aliphatic heterocycles. The molecule has 6 aromatic rings. The molecule has 0 unspecified atom stereocenters. The van der Waals surface area contributed by atoms with Crippen molar-refractivity contribution in [3.63, 3.8) is 0 Å². The summed E-state index contributed by atoms with van der Waals surface area (Å²) < 4.78 is 320. The van der Waals surface area contributed by atoms with E-state index in [9.17, 15) is 105 Å². The summed E-state index contributed by atoms with van der Waals surface area (Å²) in [4.78, 5) is 17.6. The van der Waals surface area contributed by atoms with E-state index >= 15 is 0 Å². The number of carbonyl (C=O) groups is 2. The maximum absolute atomic E-state index is 14.3. The fraction of sp³-hybridized carbons (Fsp3) is 0.255. The Balaban J connectivity index is 0.00000107. The van der Waals surface area contributed by atoms with E-state index in [0.29, 0.717) is 72.8 Å². The Morgan fingerprint density at radius 1 is 0.313 bits per heavy atom. The summed E-state index contributed by atoms with van der Waals surface area (Å²) in [5.74, 6) is -6.01. The average molecular weight is 1360 g/mol. The maximum Gasteiger partial charge on any atom is 2.00 e. The first-order valence-corrected chi connectivity index (χ1v) is 26.7. The summed E-state index contributed by atoms with van der Waals surface area (Å²) in [5.41, 5.74) is -9.18. The van der Waals surface area contributed by atoms with Crippen molar-refractivity contribution in [2.75, 3.05) is 18.5 Å². The van der Waals surface area contributed by atoms with Gasteiger partial charge in [-0.1, -0.05) is 79.7 Å². The monoisotopic (exact) mass is 1360 g/mol. The summed E-state index contributed by atoms with van der Waals surface area (Å²) in [6.45, 7) is 1.39. The number of rotatable bonds is 12. The third kappa shape index (κ3) is 21.2. The SMILES string of the molecule is CC(CP(c1cccc(C(F)(F)F)c1)c1cccc(C(F)(F)F)c1)(CP(c1cccc(C(F)(F)F)c1)c1cccc(C(F)(F)F)c1)CP(c1cccc(C(F)(F)F)c1)c1cccc(C(F)(F)F)c1.O=C([O-])C(F)(F)F.O=C([O-])C(F)(F)F.[Ru+2]. The topological polar surface area (TPSA) is 80.3 Å². The number of benzene rings is 6. The quantitative estimate of drug-likeness (QED) is 0.0695. The molecular formula is C51H33F24O4P3Ru. The molecule has 6 aromatic carbocycles. The van der Waals surface area contributed by atoms with Gasteiger partial charge in [-0.3, -0.25) is 0 Å². The molecule has 83 heavy (non-hydrogen) atoms. The van der Waals surface area contributed by atoms with E-state index in [-0.39, 0.29) is 51.3 Å². The van der Waals surface area contributed by atoms with Gasteiger partial charge < -0.3 is 19.8 Å². The zero-order chi connectivity index (χ0) is 62.4. The Morgan fingerprint density at radius 2 is 0.446 bits per heavy atom. The normalized spacial score (nSPS) is 13.0. The van der Waals surface area contributed by atoms with Crippen LogP contribution >= 0.6 is 23.8 Å². The van der Waals surface area contributed by atoms with Crippen LogP contribution in [0.5, 0.6) is 0 Å². The Kier molecular flexibility index (Phi) is 23.6. The Bertz CT molecular complexity index is 2660. The van der Waals surface area contributed by atoms with Crippen molar-refractivity contribution in [1.29, 1.82) is 0 Å². The van der Waals surface area contributed by atoms with Crippen LogP contribution in [0, 0.1) is 5.41 Å². The van der Waals surface area contributed by atoms with E-state index in [1.54, 1.807) is 0 Å². The number of alkyl halides is 24. The predicted molar refractivity (Wildman–Crippen MR) is 252 cm³/mol. The summed E-state index contributed by atoms with van der Waals surface area (Å²) in [5, 5.41) is 16.4. The molecule has 0 saturated heterocycles. The van der Waals surface area contributed by atoms with Gasteiger partial charge in [-0.2, -0.15) is 105 Å².